The second kappa shape index (κ2) is 7.80. The van der Waals surface area contributed by atoms with Crippen molar-refractivity contribution in [3.8, 4) is 0 Å². The van der Waals surface area contributed by atoms with Gasteiger partial charge in [0.2, 0.25) is 5.91 Å². The lowest BCUT2D eigenvalue weighted by molar-refractivity contribution is -0.138. The van der Waals surface area contributed by atoms with Crippen molar-refractivity contribution >= 4 is 18.3 Å². The molecule has 0 spiro atoms. The summed E-state index contributed by atoms with van der Waals surface area (Å²) < 4.78 is 0. The van der Waals surface area contributed by atoms with Gasteiger partial charge in [-0.1, -0.05) is 12.8 Å². The number of nitrogens with two attached hydrogens (primary N) is 1. The normalized spacial score (nSPS) is 33.4. The Bertz CT molecular complexity index is 350. The van der Waals surface area contributed by atoms with Crippen LogP contribution in [0.2, 0.25) is 0 Å². The average Bonchev–Trinajstić information content (AvgIpc) is 2.94. The molecule has 1 aliphatic carbocycles. The van der Waals surface area contributed by atoms with Crippen LogP contribution in [0.15, 0.2) is 0 Å². The summed E-state index contributed by atoms with van der Waals surface area (Å²) in [6.45, 7) is 4.45. The fourth-order valence-corrected chi connectivity index (χ4v) is 4.47. The molecule has 1 saturated carbocycles. The van der Waals surface area contributed by atoms with Crippen molar-refractivity contribution in [2.24, 2.45) is 17.6 Å². The summed E-state index contributed by atoms with van der Waals surface area (Å²) in [6.07, 6.45) is 8.97. The molecule has 2 heterocycles. The van der Waals surface area contributed by atoms with Gasteiger partial charge in [0.25, 0.3) is 0 Å². The van der Waals surface area contributed by atoms with Crippen molar-refractivity contribution in [2.75, 3.05) is 32.7 Å². The van der Waals surface area contributed by atoms with E-state index in [1.807, 2.05) is 0 Å². The minimum atomic E-state index is 0. The highest BCUT2D eigenvalue weighted by Crippen LogP contribution is 2.35. The molecule has 0 aromatic carbocycles. The van der Waals surface area contributed by atoms with Crippen LogP contribution in [-0.2, 0) is 4.79 Å². The van der Waals surface area contributed by atoms with Gasteiger partial charge in [-0.15, -0.1) is 12.4 Å². The maximum Gasteiger partial charge on any atom is 0.237 e. The molecular weight excluding hydrogens is 286 g/mol. The van der Waals surface area contributed by atoms with E-state index >= 15 is 0 Å². The highest BCUT2D eigenvalue weighted by Gasteiger charge is 2.36. The first-order valence-electron chi connectivity index (χ1n) is 8.50. The fraction of sp³-hybridized carbons (Fsp3) is 0.938. The minimum absolute atomic E-state index is 0. The Hall–Kier alpha value is -0.320. The number of halogens is 1. The van der Waals surface area contributed by atoms with Crippen molar-refractivity contribution in [2.45, 2.75) is 51.0 Å². The number of amides is 1. The van der Waals surface area contributed by atoms with Gasteiger partial charge in [-0.2, -0.15) is 0 Å². The van der Waals surface area contributed by atoms with E-state index in [0.29, 0.717) is 24.4 Å². The van der Waals surface area contributed by atoms with E-state index in [2.05, 4.69) is 9.80 Å². The first-order chi connectivity index (χ1) is 9.78. The molecule has 4 nitrogen and oxygen atoms in total. The third kappa shape index (κ3) is 3.91. The fourth-order valence-electron chi connectivity index (χ4n) is 4.47. The quantitative estimate of drug-likeness (QED) is 0.865. The molecule has 2 N–H and O–H groups in total. The third-order valence-corrected chi connectivity index (χ3v) is 5.63. The predicted octanol–water partition coefficient (Wildman–Crippen LogP) is 1.87. The molecule has 5 heteroatoms. The zero-order chi connectivity index (χ0) is 13.9. The number of hydrogen-bond acceptors (Lipinski definition) is 3. The van der Waals surface area contributed by atoms with E-state index in [0.717, 1.165) is 38.5 Å². The number of carbonyl (C=O) groups is 1. The molecule has 0 bridgehead atoms. The summed E-state index contributed by atoms with van der Waals surface area (Å²) in [5.74, 6) is 1.77. The summed E-state index contributed by atoms with van der Waals surface area (Å²) in [5, 5.41) is 0. The molecule has 0 aromatic heterocycles. The molecule has 3 aliphatic rings. The highest BCUT2D eigenvalue weighted by molar-refractivity contribution is 5.85. The Labute approximate surface area is 134 Å². The van der Waals surface area contributed by atoms with E-state index in [4.69, 9.17) is 5.73 Å². The van der Waals surface area contributed by atoms with Crippen molar-refractivity contribution in [3.05, 3.63) is 0 Å². The summed E-state index contributed by atoms with van der Waals surface area (Å²) in [7, 11) is 0. The predicted molar refractivity (Wildman–Crippen MR) is 87.5 cm³/mol. The molecule has 3 fully saturated rings. The van der Waals surface area contributed by atoms with Gasteiger partial charge in [-0.25, -0.2) is 0 Å². The Kier molecular flexibility index (Phi) is 6.33. The van der Waals surface area contributed by atoms with Crippen LogP contribution in [0.3, 0.4) is 0 Å². The zero-order valence-corrected chi connectivity index (χ0v) is 13.8. The number of nitrogens with zero attached hydrogens (tertiary/aromatic N) is 2. The lowest BCUT2D eigenvalue weighted by atomic mass is 9.78. The van der Waals surface area contributed by atoms with Crippen molar-refractivity contribution in [1.29, 1.82) is 0 Å². The number of piperidine rings is 1. The molecule has 0 aromatic rings. The summed E-state index contributed by atoms with van der Waals surface area (Å²) in [4.78, 5) is 17.2. The molecule has 21 heavy (non-hydrogen) atoms. The number of carbonyl (C=O) groups excluding carboxylic acids is 1. The average molecular weight is 316 g/mol. The van der Waals surface area contributed by atoms with Gasteiger partial charge in [0.15, 0.2) is 0 Å². The molecule has 2 saturated heterocycles. The lowest BCUT2D eigenvalue weighted by Gasteiger charge is -2.44. The molecular formula is C16H30ClN3O. The first kappa shape index (κ1) is 17.0. The summed E-state index contributed by atoms with van der Waals surface area (Å²) >= 11 is 0. The van der Waals surface area contributed by atoms with Crippen molar-refractivity contribution in [3.63, 3.8) is 0 Å². The molecule has 3 atom stereocenters. The Morgan fingerprint density at radius 1 is 1.05 bits per heavy atom. The minimum Gasteiger partial charge on any atom is -0.338 e. The van der Waals surface area contributed by atoms with Crippen LogP contribution in [0.4, 0.5) is 0 Å². The van der Waals surface area contributed by atoms with Crippen LogP contribution in [0, 0.1) is 11.8 Å². The van der Waals surface area contributed by atoms with E-state index in [1.165, 1.54) is 38.5 Å². The van der Waals surface area contributed by atoms with Crippen LogP contribution in [0.25, 0.3) is 0 Å². The molecule has 3 rings (SSSR count). The second-order valence-electron chi connectivity index (χ2n) is 6.97. The third-order valence-electron chi connectivity index (χ3n) is 5.63. The van der Waals surface area contributed by atoms with Gasteiger partial charge < -0.3 is 10.6 Å². The van der Waals surface area contributed by atoms with E-state index < -0.39 is 0 Å². The second-order valence-corrected chi connectivity index (χ2v) is 6.97. The van der Waals surface area contributed by atoms with Gasteiger partial charge in [-0.3, -0.25) is 9.69 Å². The maximum absolute atomic E-state index is 12.7. The lowest BCUT2D eigenvalue weighted by Crippen LogP contribution is -2.52. The van der Waals surface area contributed by atoms with E-state index in [-0.39, 0.29) is 12.4 Å². The Morgan fingerprint density at radius 2 is 1.81 bits per heavy atom. The smallest absolute Gasteiger partial charge is 0.237 e. The summed E-state index contributed by atoms with van der Waals surface area (Å²) in [6, 6.07) is 0.554. The Morgan fingerprint density at radius 3 is 2.57 bits per heavy atom. The number of hydrogen-bond donors (Lipinski definition) is 1. The molecule has 0 radical (unpaired) electrons. The number of fused-ring (bicyclic) bond motifs is 1. The standard InChI is InChI=1S/C16H29N3O.ClH/c17-10-13-7-9-18(11-13)12-16(20)19-8-3-5-14-4-1-2-6-15(14)19;/h13-15H,1-12,17H2;1H. The van der Waals surface area contributed by atoms with Crippen molar-refractivity contribution < 1.29 is 4.79 Å². The Balaban J connectivity index is 0.00000161. The molecule has 1 amide bonds. The van der Waals surface area contributed by atoms with Crippen LogP contribution in [0.5, 0.6) is 0 Å². The van der Waals surface area contributed by atoms with Gasteiger partial charge in [0.05, 0.1) is 6.54 Å². The van der Waals surface area contributed by atoms with Gasteiger partial charge >= 0.3 is 0 Å². The van der Waals surface area contributed by atoms with Crippen LogP contribution in [-0.4, -0.2) is 54.5 Å². The molecule has 3 unspecified atom stereocenters. The van der Waals surface area contributed by atoms with Crippen LogP contribution >= 0.6 is 12.4 Å². The van der Waals surface area contributed by atoms with Gasteiger partial charge in [0, 0.05) is 19.1 Å². The van der Waals surface area contributed by atoms with Gasteiger partial charge in [-0.05, 0) is 57.0 Å². The van der Waals surface area contributed by atoms with Crippen molar-refractivity contribution in [1.82, 2.24) is 9.80 Å². The van der Waals surface area contributed by atoms with Crippen LogP contribution < -0.4 is 5.73 Å². The SMILES string of the molecule is Cl.NCC1CCN(CC(=O)N2CCCC3CCCCC32)C1. The zero-order valence-electron chi connectivity index (χ0n) is 13.0. The van der Waals surface area contributed by atoms with E-state index in [1.54, 1.807) is 0 Å². The monoisotopic (exact) mass is 315 g/mol. The van der Waals surface area contributed by atoms with Crippen LogP contribution in [0.1, 0.15) is 44.9 Å². The maximum atomic E-state index is 12.7. The molecule has 122 valence electrons. The number of likely N-dealkylation sites (tertiary alicyclic amines) is 2. The summed E-state index contributed by atoms with van der Waals surface area (Å²) in [5.41, 5.74) is 5.74. The largest absolute Gasteiger partial charge is 0.338 e. The first-order valence-corrected chi connectivity index (χ1v) is 8.50. The number of rotatable bonds is 3. The molecule has 2 aliphatic heterocycles. The van der Waals surface area contributed by atoms with Gasteiger partial charge in [0.1, 0.15) is 0 Å². The topological polar surface area (TPSA) is 49.6 Å². The highest BCUT2D eigenvalue weighted by atomic mass is 35.5. The van der Waals surface area contributed by atoms with E-state index in [9.17, 15) is 4.79 Å².